The van der Waals surface area contributed by atoms with Gasteiger partial charge in [-0.1, -0.05) is 6.07 Å². The van der Waals surface area contributed by atoms with Gasteiger partial charge in [-0.2, -0.15) is 0 Å². The molecule has 32 heavy (non-hydrogen) atoms. The molecular weight excluding hydrogens is 432 g/mol. The summed E-state index contributed by atoms with van der Waals surface area (Å²) in [5.41, 5.74) is 5.76. The minimum Gasteiger partial charge on any atom is -0.369 e. The lowest BCUT2D eigenvalue weighted by molar-refractivity contribution is -0.130. The second-order valence-corrected chi connectivity index (χ2v) is 12.1. The molecule has 1 saturated heterocycles. The molecule has 5 fully saturated rings. The molecule has 2 amide bonds. The molecule has 1 aromatic rings. The van der Waals surface area contributed by atoms with Gasteiger partial charge in [-0.15, -0.1) is 11.8 Å². The van der Waals surface area contributed by atoms with Crippen molar-refractivity contribution < 1.29 is 18.4 Å². The number of halogens is 2. The Morgan fingerprint density at radius 3 is 2.72 bits per heavy atom. The Labute approximate surface area is 190 Å². The average molecular weight is 462 g/mol. The second kappa shape index (κ2) is 7.16. The van der Waals surface area contributed by atoms with Gasteiger partial charge in [-0.05, 0) is 67.4 Å². The van der Waals surface area contributed by atoms with Crippen LogP contribution in [0.25, 0.3) is 0 Å². The number of hydrogen-bond donors (Lipinski definition) is 2. The molecule has 4 saturated carbocycles. The molecule has 4 aliphatic carbocycles. The van der Waals surface area contributed by atoms with Crippen molar-refractivity contribution in [3.8, 4) is 0 Å². The highest BCUT2D eigenvalue weighted by molar-refractivity contribution is 8.00. The van der Waals surface area contributed by atoms with E-state index in [4.69, 9.17) is 5.73 Å². The summed E-state index contributed by atoms with van der Waals surface area (Å²) in [5.74, 6) is 0.911. The molecule has 1 heterocycles. The van der Waals surface area contributed by atoms with Crippen molar-refractivity contribution in [2.24, 2.45) is 34.3 Å². The van der Waals surface area contributed by atoms with E-state index in [2.05, 4.69) is 5.32 Å². The summed E-state index contributed by atoms with van der Waals surface area (Å²) in [6, 6.07) is 4.05. The highest BCUT2D eigenvalue weighted by Crippen LogP contribution is 2.78. The van der Waals surface area contributed by atoms with E-state index in [0.29, 0.717) is 30.8 Å². The third-order valence-corrected chi connectivity index (χ3v) is 10.5. The van der Waals surface area contributed by atoms with E-state index in [9.17, 15) is 18.4 Å². The normalized spacial score (nSPS) is 41.9. The fourth-order valence-electron chi connectivity index (χ4n) is 8.13. The summed E-state index contributed by atoms with van der Waals surface area (Å²) in [4.78, 5) is 27.5. The number of amides is 2. The highest BCUT2D eigenvalue weighted by Gasteiger charge is 2.76. The number of rotatable bonds is 5. The summed E-state index contributed by atoms with van der Waals surface area (Å²) in [7, 11) is 0. The Hall–Kier alpha value is -1.67. The third-order valence-electron chi connectivity index (χ3n) is 9.28. The first-order chi connectivity index (χ1) is 15.3. The maximum absolute atomic E-state index is 14.1. The van der Waals surface area contributed by atoms with Crippen molar-refractivity contribution in [1.82, 2.24) is 10.2 Å². The quantitative estimate of drug-likeness (QED) is 0.707. The molecule has 172 valence electrons. The molecule has 1 aromatic carbocycles. The van der Waals surface area contributed by atoms with Gasteiger partial charge in [-0.3, -0.25) is 14.5 Å². The van der Waals surface area contributed by atoms with Crippen molar-refractivity contribution in [2.45, 2.75) is 49.9 Å². The molecule has 3 N–H and O–H groups in total. The maximum Gasteiger partial charge on any atom is 0.234 e. The van der Waals surface area contributed by atoms with Gasteiger partial charge < -0.3 is 11.1 Å². The zero-order chi connectivity index (χ0) is 22.3. The second-order valence-electron chi connectivity index (χ2n) is 10.8. The van der Waals surface area contributed by atoms with E-state index in [1.165, 1.54) is 24.6 Å². The Kier molecular flexibility index (Phi) is 4.68. The van der Waals surface area contributed by atoms with Gasteiger partial charge in [-0.25, -0.2) is 8.78 Å². The summed E-state index contributed by atoms with van der Waals surface area (Å²) in [5, 5.41) is 3.09. The molecule has 5 nitrogen and oxygen atoms in total. The largest absolute Gasteiger partial charge is 0.369 e. The molecule has 8 heteroatoms. The van der Waals surface area contributed by atoms with E-state index in [-0.39, 0.29) is 46.0 Å². The van der Waals surface area contributed by atoms with Crippen molar-refractivity contribution >= 4 is 23.6 Å². The lowest BCUT2D eigenvalue weighted by atomic mass is 9.52. The van der Waals surface area contributed by atoms with Crippen LogP contribution in [-0.4, -0.2) is 46.8 Å². The molecule has 3 bridgehead atoms. The van der Waals surface area contributed by atoms with Crippen LogP contribution in [0.3, 0.4) is 0 Å². The molecule has 6 unspecified atom stereocenters. The van der Waals surface area contributed by atoms with Gasteiger partial charge in [0.25, 0.3) is 0 Å². The van der Waals surface area contributed by atoms with Gasteiger partial charge in [0.05, 0.1) is 10.7 Å². The van der Waals surface area contributed by atoms with E-state index < -0.39 is 11.6 Å². The van der Waals surface area contributed by atoms with Gasteiger partial charge in [0, 0.05) is 37.0 Å². The highest BCUT2D eigenvalue weighted by atomic mass is 32.2. The predicted molar refractivity (Wildman–Crippen MR) is 117 cm³/mol. The summed E-state index contributed by atoms with van der Waals surface area (Å²) in [6.45, 7) is 1.34. The van der Waals surface area contributed by atoms with E-state index in [1.807, 2.05) is 4.90 Å². The van der Waals surface area contributed by atoms with E-state index in [1.54, 1.807) is 11.8 Å². The number of benzene rings is 1. The minimum atomic E-state index is -0.542. The first-order valence-corrected chi connectivity index (χ1v) is 12.7. The lowest BCUT2D eigenvalue weighted by Crippen LogP contribution is -2.63. The number of fused-ring (bicyclic) bond motifs is 2. The molecule has 1 aliphatic heterocycles. The fraction of sp³-hybridized carbons (Fsp3) is 0.667. The summed E-state index contributed by atoms with van der Waals surface area (Å²) >= 11 is 1.62. The number of nitrogens with zero attached hydrogens (tertiary/aromatic N) is 1. The molecule has 0 radical (unpaired) electrons. The van der Waals surface area contributed by atoms with Crippen LogP contribution >= 0.6 is 11.8 Å². The van der Waals surface area contributed by atoms with Crippen LogP contribution in [0.1, 0.15) is 37.7 Å². The molecule has 1 spiro atoms. The van der Waals surface area contributed by atoms with Gasteiger partial charge in [0.15, 0.2) is 0 Å². The van der Waals surface area contributed by atoms with Crippen molar-refractivity contribution in [1.29, 1.82) is 0 Å². The number of thioether (sulfide) groups is 1. The monoisotopic (exact) mass is 461 g/mol. The van der Waals surface area contributed by atoms with Gasteiger partial charge >= 0.3 is 0 Å². The zero-order valence-corrected chi connectivity index (χ0v) is 18.8. The first kappa shape index (κ1) is 20.9. The van der Waals surface area contributed by atoms with Crippen LogP contribution in [0.4, 0.5) is 8.78 Å². The number of primary amides is 1. The molecule has 6 rings (SSSR count). The standard InChI is InChI=1S/C24H29F2N3O2S/c25-17-2-1-3-18(26)14(17)10-29-4-5-32-19(11-29)21(30)28-20-15-6-13-7-23(22(27)31)9-16(20)24(15,8-13)12-23/h1-3,13,15-16,19-20H,4-12H2,(H2,27,31)(H,28,30)/t13?,15?,16?,19?,20?,23-,24?/m1/s1. The Balaban J connectivity index is 1.13. The van der Waals surface area contributed by atoms with Crippen molar-refractivity contribution in [2.75, 3.05) is 18.8 Å². The topological polar surface area (TPSA) is 75.4 Å². The predicted octanol–water partition coefficient (Wildman–Crippen LogP) is 2.68. The zero-order valence-electron chi connectivity index (χ0n) is 18.0. The number of nitrogens with one attached hydrogen (secondary N) is 1. The number of carbonyl (C=O) groups excluding carboxylic acids is 2. The van der Waals surface area contributed by atoms with E-state index >= 15 is 0 Å². The van der Waals surface area contributed by atoms with Crippen LogP contribution in [-0.2, 0) is 16.1 Å². The van der Waals surface area contributed by atoms with Crippen molar-refractivity contribution in [3.63, 3.8) is 0 Å². The minimum absolute atomic E-state index is 0.0212. The first-order valence-electron chi connectivity index (χ1n) is 11.7. The van der Waals surface area contributed by atoms with Crippen LogP contribution in [0.5, 0.6) is 0 Å². The van der Waals surface area contributed by atoms with Gasteiger partial charge in [0.2, 0.25) is 11.8 Å². The number of carbonyl (C=O) groups is 2. The maximum atomic E-state index is 14.1. The summed E-state index contributed by atoms with van der Waals surface area (Å²) < 4.78 is 28.1. The Morgan fingerprint density at radius 1 is 1.19 bits per heavy atom. The SMILES string of the molecule is NC(=O)[C@]12CC3CC4C(NC(=O)C5CN(Cc6c(F)cccc6F)CCS5)C(C1)C4(C3)C2. The smallest absolute Gasteiger partial charge is 0.234 e. The van der Waals surface area contributed by atoms with E-state index in [0.717, 1.165) is 31.4 Å². The molecule has 5 aliphatic rings. The van der Waals surface area contributed by atoms with Crippen LogP contribution < -0.4 is 11.1 Å². The number of hydrogen-bond acceptors (Lipinski definition) is 4. The lowest BCUT2D eigenvalue weighted by Gasteiger charge is -2.56. The van der Waals surface area contributed by atoms with Crippen molar-refractivity contribution in [3.05, 3.63) is 35.4 Å². The number of nitrogens with two attached hydrogens (primary N) is 1. The average Bonchev–Trinajstić information content (AvgIpc) is 3.13. The van der Waals surface area contributed by atoms with Crippen LogP contribution in [0, 0.1) is 40.2 Å². The third kappa shape index (κ3) is 2.91. The van der Waals surface area contributed by atoms with Gasteiger partial charge in [0.1, 0.15) is 11.6 Å². The molecule has 0 aromatic heterocycles. The summed E-state index contributed by atoms with van der Waals surface area (Å²) in [6.07, 6.45) is 4.93. The fourth-order valence-corrected chi connectivity index (χ4v) is 9.31. The molecular formula is C24H29F2N3O2S. The van der Waals surface area contributed by atoms with Crippen LogP contribution in [0.2, 0.25) is 0 Å². The Bertz CT molecular complexity index is 972. The van der Waals surface area contributed by atoms with Crippen LogP contribution in [0.15, 0.2) is 18.2 Å². The molecule has 7 atom stereocenters. The Morgan fingerprint density at radius 2 is 1.97 bits per heavy atom.